The number of Topliss-reactive ketones (excluding diaryl/α,β-unsaturated/α-hetero) is 1. The van der Waals surface area contributed by atoms with Crippen LogP contribution in [-0.2, 0) is 9.59 Å². The maximum atomic E-state index is 12.2. The van der Waals surface area contributed by atoms with Crippen molar-refractivity contribution in [2.45, 2.75) is 6.92 Å². The first kappa shape index (κ1) is 19.5. The minimum atomic E-state index is -0.201. The van der Waals surface area contributed by atoms with Gasteiger partial charge in [-0.3, -0.25) is 14.4 Å². The molecule has 0 bridgehead atoms. The molecular formula is C19H20N2O4S. The third-order valence-electron chi connectivity index (χ3n) is 3.37. The van der Waals surface area contributed by atoms with Crippen LogP contribution >= 0.6 is 11.8 Å². The number of methoxy groups -OCH3 is 1. The second-order valence-corrected chi connectivity index (χ2v) is 6.41. The third-order valence-corrected chi connectivity index (χ3v) is 4.31. The number of ether oxygens (including phenoxy) is 1. The van der Waals surface area contributed by atoms with Crippen LogP contribution in [0.15, 0.2) is 48.5 Å². The highest BCUT2D eigenvalue weighted by Gasteiger charge is 2.10. The summed E-state index contributed by atoms with van der Waals surface area (Å²) in [4.78, 5) is 35.1. The van der Waals surface area contributed by atoms with Gasteiger partial charge in [0.1, 0.15) is 5.75 Å². The fourth-order valence-corrected chi connectivity index (χ4v) is 2.91. The molecule has 7 heteroatoms. The molecule has 0 saturated heterocycles. The van der Waals surface area contributed by atoms with Crippen molar-refractivity contribution in [1.82, 2.24) is 0 Å². The topological polar surface area (TPSA) is 84.5 Å². The van der Waals surface area contributed by atoms with Crippen LogP contribution in [0.5, 0.6) is 5.75 Å². The number of rotatable bonds is 8. The van der Waals surface area contributed by atoms with E-state index in [0.29, 0.717) is 22.7 Å². The predicted octanol–water partition coefficient (Wildman–Crippen LogP) is 3.21. The SMILES string of the molecule is COc1ccccc1NC(=O)CSCC(=O)c1ccc(NC(C)=O)cc1. The average Bonchev–Trinajstić information content (AvgIpc) is 2.62. The minimum Gasteiger partial charge on any atom is -0.495 e. The van der Waals surface area contributed by atoms with Crippen molar-refractivity contribution in [3.63, 3.8) is 0 Å². The van der Waals surface area contributed by atoms with Gasteiger partial charge in [-0.15, -0.1) is 11.8 Å². The number of anilines is 2. The Kier molecular flexibility index (Phi) is 7.23. The molecule has 0 radical (unpaired) electrons. The first-order chi connectivity index (χ1) is 12.5. The molecule has 0 aliphatic rings. The van der Waals surface area contributed by atoms with Crippen molar-refractivity contribution in [2.24, 2.45) is 0 Å². The Bertz CT molecular complexity index is 790. The number of ketones is 1. The molecule has 0 spiro atoms. The van der Waals surface area contributed by atoms with Crippen molar-refractivity contribution in [2.75, 3.05) is 29.2 Å². The Morgan fingerprint density at radius 1 is 0.962 bits per heavy atom. The Labute approximate surface area is 156 Å². The zero-order valence-corrected chi connectivity index (χ0v) is 15.4. The maximum absolute atomic E-state index is 12.2. The maximum Gasteiger partial charge on any atom is 0.234 e. The first-order valence-corrected chi connectivity index (χ1v) is 9.06. The molecule has 0 aromatic heterocycles. The predicted molar refractivity (Wildman–Crippen MR) is 104 cm³/mol. The summed E-state index contributed by atoms with van der Waals surface area (Å²) >= 11 is 1.24. The van der Waals surface area contributed by atoms with Gasteiger partial charge in [-0.05, 0) is 36.4 Å². The number of hydrogen-bond acceptors (Lipinski definition) is 5. The Balaban J connectivity index is 1.80. The summed E-state index contributed by atoms with van der Waals surface area (Å²) < 4.78 is 5.18. The molecule has 0 aliphatic carbocycles. The fourth-order valence-electron chi connectivity index (χ4n) is 2.20. The van der Waals surface area contributed by atoms with Crippen molar-refractivity contribution in [1.29, 1.82) is 0 Å². The van der Waals surface area contributed by atoms with Gasteiger partial charge in [0.15, 0.2) is 5.78 Å². The zero-order valence-electron chi connectivity index (χ0n) is 14.6. The van der Waals surface area contributed by atoms with Gasteiger partial charge in [-0.2, -0.15) is 0 Å². The second-order valence-electron chi connectivity index (χ2n) is 5.42. The summed E-state index contributed by atoms with van der Waals surface area (Å²) in [5, 5.41) is 5.41. The fraction of sp³-hybridized carbons (Fsp3) is 0.211. The molecule has 0 heterocycles. The molecule has 0 saturated carbocycles. The van der Waals surface area contributed by atoms with Crippen LogP contribution in [0.25, 0.3) is 0 Å². The molecule has 0 atom stereocenters. The molecule has 0 aliphatic heterocycles. The molecule has 2 amide bonds. The van der Waals surface area contributed by atoms with Crippen LogP contribution in [0, 0.1) is 0 Å². The highest BCUT2D eigenvalue weighted by atomic mass is 32.2. The lowest BCUT2D eigenvalue weighted by molar-refractivity contribution is -0.114. The van der Waals surface area contributed by atoms with E-state index in [-0.39, 0.29) is 29.1 Å². The van der Waals surface area contributed by atoms with E-state index < -0.39 is 0 Å². The lowest BCUT2D eigenvalue weighted by Crippen LogP contribution is -2.16. The molecule has 0 fully saturated rings. The van der Waals surface area contributed by atoms with Crippen molar-refractivity contribution >= 4 is 40.7 Å². The van der Waals surface area contributed by atoms with Gasteiger partial charge in [0.05, 0.1) is 24.3 Å². The van der Waals surface area contributed by atoms with Crippen molar-refractivity contribution in [3.05, 3.63) is 54.1 Å². The van der Waals surface area contributed by atoms with Crippen LogP contribution in [0.2, 0.25) is 0 Å². The smallest absolute Gasteiger partial charge is 0.234 e. The number of para-hydroxylation sites is 2. The zero-order chi connectivity index (χ0) is 18.9. The Morgan fingerprint density at radius 3 is 2.31 bits per heavy atom. The normalized spacial score (nSPS) is 10.1. The largest absolute Gasteiger partial charge is 0.495 e. The van der Waals surface area contributed by atoms with Gasteiger partial charge in [-0.25, -0.2) is 0 Å². The van der Waals surface area contributed by atoms with E-state index in [1.807, 2.05) is 6.07 Å². The van der Waals surface area contributed by atoms with E-state index >= 15 is 0 Å². The third kappa shape index (κ3) is 5.93. The Hall–Kier alpha value is -2.80. The van der Waals surface area contributed by atoms with E-state index in [9.17, 15) is 14.4 Å². The molecule has 6 nitrogen and oxygen atoms in total. The number of hydrogen-bond donors (Lipinski definition) is 2. The molecule has 0 unspecified atom stereocenters. The molecule has 2 N–H and O–H groups in total. The Morgan fingerprint density at radius 2 is 1.65 bits per heavy atom. The lowest BCUT2D eigenvalue weighted by atomic mass is 10.1. The monoisotopic (exact) mass is 372 g/mol. The average molecular weight is 372 g/mol. The van der Waals surface area contributed by atoms with E-state index in [1.165, 1.54) is 25.8 Å². The minimum absolute atomic E-state index is 0.0746. The van der Waals surface area contributed by atoms with Gasteiger partial charge in [0, 0.05) is 18.2 Å². The highest BCUT2D eigenvalue weighted by Crippen LogP contribution is 2.23. The molecule has 2 rings (SSSR count). The summed E-state index contributed by atoms with van der Waals surface area (Å²) in [5.41, 5.74) is 1.77. The van der Waals surface area contributed by atoms with E-state index in [0.717, 1.165) is 0 Å². The van der Waals surface area contributed by atoms with Gasteiger partial charge < -0.3 is 15.4 Å². The summed E-state index contributed by atoms with van der Waals surface area (Å²) in [6, 6.07) is 13.8. The van der Waals surface area contributed by atoms with Crippen LogP contribution in [0.1, 0.15) is 17.3 Å². The molecule has 2 aromatic carbocycles. The number of carbonyl (C=O) groups is 3. The molecular weight excluding hydrogens is 352 g/mol. The van der Waals surface area contributed by atoms with Crippen LogP contribution in [0.4, 0.5) is 11.4 Å². The quantitative estimate of drug-likeness (QED) is 0.695. The molecule has 2 aromatic rings. The number of carbonyl (C=O) groups excluding carboxylic acids is 3. The number of benzene rings is 2. The molecule has 136 valence electrons. The summed E-state index contributed by atoms with van der Waals surface area (Å²) in [6.45, 7) is 1.42. The van der Waals surface area contributed by atoms with Crippen LogP contribution in [-0.4, -0.2) is 36.2 Å². The van der Waals surface area contributed by atoms with Crippen molar-refractivity contribution in [3.8, 4) is 5.75 Å². The van der Waals surface area contributed by atoms with Crippen LogP contribution < -0.4 is 15.4 Å². The number of nitrogens with one attached hydrogen (secondary N) is 2. The number of amides is 2. The standard InChI is InChI=1S/C19H20N2O4S/c1-13(22)20-15-9-7-14(8-10-15)17(23)11-26-12-19(24)21-16-5-3-4-6-18(16)25-2/h3-10H,11-12H2,1-2H3,(H,20,22)(H,21,24). The summed E-state index contributed by atoms with van der Waals surface area (Å²) in [5.74, 6) is 0.497. The van der Waals surface area contributed by atoms with Crippen LogP contribution in [0.3, 0.4) is 0 Å². The van der Waals surface area contributed by atoms with E-state index in [4.69, 9.17) is 4.74 Å². The van der Waals surface area contributed by atoms with Gasteiger partial charge in [0.2, 0.25) is 11.8 Å². The summed E-state index contributed by atoms with van der Waals surface area (Å²) in [7, 11) is 1.54. The highest BCUT2D eigenvalue weighted by molar-refractivity contribution is 8.00. The first-order valence-electron chi connectivity index (χ1n) is 7.91. The lowest BCUT2D eigenvalue weighted by Gasteiger charge is -2.09. The van der Waals surface area contributed by atoms with Crippen molar-refractivity contribution < 1.29 is 19.1 Å². The van der Waals surface area contributed by atoms with Gasteiger partial charge >= 0.3 is 0 Å². The second kappa shape index (κ2) is 9.62. The van der Waals surface area contributed by atoms with Gasteiger partial charge in [-0.1, -0.05) is 12.1 Å². The van der Waals surface area contributed by atoms with E-state index in [2.05, 4.69) is 10.6 Å². The molecule has 26 heavy (non-hydrogen) atoms. The summed E-state index contributed by atoms with van der Waals surface area (Å²) in [6.07, 6.45) is 0. The number of thioether (sulfide) groups is 1. The van der Waals surface area contributed by atoms with E-state index in [1.54, 1.807) is 42.5 Å². The van der Waals surface area contributed by atoms with Gasteiger partial charge in [0.25, 0.3) is 0 Å².